The quantitative estimate of drug-likeness (QED) is 0.786. The number of rotatable bonds is 4. The van der Waals surface area contributed by atoms with Gasteiger partial charge in [-0.15, -0.1) is 0 Å². The van der Waals surface area contributed by atoms with Crippen molar-refractivity contribution in [2.24, 2.45) is 0 Å². The Labute approximate surface area is 98.0 Å². The third-order valence-corrected chi connectivity index (χ3v) is 3.07. The molecular formula is C12H12BrNO. The van der Waals surface area contributed by atoms with Crippen molar-refractivity contribution in [3.63, 3.8) is 0 Å². The van der Waals surface area contributed by atoms with Gasteiger partial charge >= 0.3 is 0 Å². The number of hydrogen-bond donors (Lipinski definition) is 0. The molecule has 1 aromatic carbocycles. The number of nitriles is 1. The lowest BCUT2D eigenvalue weighted by molar-refractivity contribution is -0.118. The first kappa shape index (κ1) is 11.9. The molecule has 1 atom stereocenters. The summed E-state index contributed by atoms with van der Waals surface area (Å²) < 4.78 is 0. The van der Waals surface area contributed by atoms with Crippen LogP contribution in [0.4, 0.5) is 0 Å². The fourth-order valence-electron chi connectivity index (χ4n) is 1.34. The van der Waals surface area contributed by atoms with E-state index in [1.165, 1.54) is 0 Å². The van der Waals surface area contributed by atoms with Crippen LogP contribution in [-0.2, 0) is 11.2 Å². The molecule has 0 amide bonds. The van der Waals surface area contributed by atoms with Gasteiger partial charge in [-0.25, -0.2) is 0 Å². The fourth-order valence-corrected chi connectivity index (χ4v) is 2.01. The van der Waals surface area contributed by atoms with Gasteiger partial charge in [0.1, 0.15) is 5.78 Å². The van der Waals surface area contributed by atoms with Gasteiger partial charge in [0.05, 0.1) is 16.5 Å². The van der Waals surface area contributed by atoms with Gasteiger partial charge in [-0.1, -0.05) is 41.1 Å². The zero-order chi connectivity index (χ0) is 11.3. The zero-order valence-electron chi connectivity index (χ0n) is 8.53. The number of carbonyl (C=O) groups is 1. The molecule has 0 fully saturated rings. The molecule has 1 rings (SSSR count). The Morgan fingerprint density at radius 3 is 2.80 bits per heavy atom. The summed E-state index contributed by atoms with van der Waals surface area (Å²) >= 11 is 3.34. The molecule has 78 valence electrons. The first-order chi connectivity index (χ1) is 7.19. The molecule has 0 aliphatic rings. The highest BCUT2D eigenvalue weighted by molar-refractivity contribution is 9.10. The second-order valence-corrected chi connectivity index (χ2v) is 4.37. The average Bonchev–Trinajstić information content (AvgIpc) is 2.28. The second-order valence-electron chi connectivity index (χ2n) is 3.26. The van der Waals surface area contributed by atoms with E-state index in [1.807, 2.05) is 25.1 Å². The third-order valence-electron chi connectivity index (χ3n) is 2.23. The number of benzene rings is 1. The maximum Gasteiger partial charge on any atom is 0.146 e. The number of Topliss-reactive ketones (excluding diaryl/α,β-unsaturated/α-hetero) is 1. The number of ketones is 1. The highest BCUT2D eigenvalue weighted by atomic mass is 79.9. The molecule has 15 heavy (non-hydrogen) atoms. The molecule has 0 spiro atoms. The van der Waals surface area contributed by atoms with E-state index in [9.17, 15) is 4.79 Å². The van der Waals surface area contributed by atoms with Crippen LogP contribution in [0.1, 0.15) is 24.5 Å². The monoisotopic (exact) mass is 265 g/mol. The first-order valence-corrected chi connectivity index (χ1v) is 5.75. The molecule has 0 aliphatic carbocycles. The molecule has 0 heterocycles. The van der Waals surface area contributed by atoms with Crippen molar-refractivity contribution >= 4 is 21.7 Å². The second kappa shape index (κ2) is 5.67. The summed E-state index contributed by atoms with van der Waals surface area (Å²) in [6, 6.07) is 9.49. The van der Waals surface area contributed by atoms with Gasteiger partial charge in [-0.3, -0.25) is 4.79 Å². The van der Waals surface area contributed by atoms with Crippen molar-refractivity contribution in [1.82, 2.24) is 0 Å². The maximum absolute atomic E-state index is 11.4. The largest absolute Gasteiger partial charge is 0.298 e. The number of alkyl halides is 1. The Balaban J connectivity index is 2.81. The molecule has 0 radical (unpaired) electrons. The SMILES string of the molecule is CCC(=O)C(Br)Cc1ccccc1C#N. The highest BCUT2D eigenvalue weighted by Crippen LogP contribution is 2.15. The van der Waals surface area contributed by atoms with E-state index >= 15 is 0 Å². The van der Waals surface area contributed by atoms with Crippen LogP contribution >= 0.6 is 15.9 Å². The van der Waals surface area contributed by atoms with E-state index in [4.69, 9.17) is 5.26 Å². The molecule has 3 heteroatoms. The van der Waals surface area contributed by atoms with Crippen LogP contribution in [0.15, 0.2) is 24.3 Å². The number of nitrogens with zero attached hydrogens (tertiary/aromatic N) is 1. The average molecular weight is 266 g/mol. The van der Waals surface area contributed by atoms with Crippen LogP contribution in [0.3, 0.4) is 0 Å². The minimum atomic E-state index is -0.183. The van der Waals surface area contributed by atoms with E-state index in [1.54, 1.807) is 6.07 Å². The van der Waals surface area contributed by atoms with Gasteiger partial charge in [0.2, 0.25) is 0 Å². The minimum Gasteiger partial charge on any atom is -0.298 e. The van der Waals surface area contributed by atoms with E-state index in [-0.39, 0.29) is 10.6 Å². The Kier molecular flexibility index (Phi) is 4.51. The van der Waals surface area contributed by atoms with Crippen LogP contribution in [0.25, 0.3) is 0 Å². The summed E-state index contributed by atoms with van der Waals surface area (Å²) in [5.41, 5.74) is 1.56. The van der Waals surface area contributed by atoms with Crippen LogP contribution in [0.2, 0.25) is 0 Å². The summed E-state index contributed by atoms with van der Waals surface area (Å²) in [6.07, 6.45) is 1.10. The lowest BCUT2D eigenvalue weighted by Crippen LogP contribution is -2.15. The van der Waals surface area contributed by atoms with Crippen LogP contribution in [-0.4, -0.2) is 10.6 Å². The first-order valence-electron chi connectivity index (χ1n) is 4.83. The normalized spacial score (nSPS) is 11.8. The summed E-state index contributed by atoms with van der Waals surface area (Å²) in [6.45, 7) is 1.84. The van der Waals surface area contributed by atoms with Crippen molar-refractivity contribution in [2.75, 3.05) is 0 Å². The van der Waals surface area contributed by atoms with Crippen molar-refractivity contribution in [3.05, 3.63) is 35.4 Å². The van der Waals surface area contributed by atoms with Gasteiger partial charge in [0.25, 0.3) is 0 Å². The fraction of sp³-hybridized carbons (Fsp3) is 0.333. The molecular weight excluding hydrogens is 254 g/mol. The molecule has 1 aromatic rings. The van der Waals surface area contributed by atoms with E-state index < -0.39 is 0 Å². The third kappa shape index (κ3) is 3.17. The van der Waals surface area contributed by atoms with E-state index in [0.29, 0.717) is 18.4 Å². The zero-order valence-corrected chi connectivity index (χ0v) is 10.1. The van der Waals surface area contributed by atoms with Crippen molar-refractivity contribution in [1.29, 1.82) is 5.26 Å². The lowest BCUT2D eigenvalue weighted by Gasteiger charge is -2.08. The standard InChI is InChI=1S/C12H12BrNO/c1-2-12(15)11(13)7-9-5-3-4-6-10(9)8-14/h3-6,11H,2,7H2,1H3. The van der Waals surface area contributed by atoms with Gasteiger partial charge in [0.15, 0.2) is 0 Å². The molecule has 0 saturated carbocycles. The Bertz CT molecular complexity index is 395. The number of hydrogen-bond acceptors (Lipinski definition) is 2. The van der Waals surface area contributed by atoms with Crippen molar-refractivity contribution in [2.45, 2.75) is 24.6 Å². The molecule has 0 bridgehead atoms. The Morgan fingerprint density at radius 1 is 1.53 bits per heavy atom. The highest BCUT2D eigenvalue weighted by Gasteiger charge is 2.14. The number of carbonyl (C=O) groups excluding carboxylic acids is 1. The van der Waals surface area contributed by atoms with Crippen molar-refractivity contribution in [3.8, 4) is 6.07 Å². The summed E-state index contributed by atoms with van der Waals surface area (Å²) in [4.78, 5) is 11.2. The molecule has 0 aliphatic heterocycles. The predicted molar refractivity (Wildman–Crippen MR) is 62.9 cm³/mol. The minimum absolute atomic E-state index is 0.169. The van der Waals surface area contributed by atoms with Crippen molar-refractivity contribution < 1.29 is 4.79 Å². The Hall–Kier alpha value is -1.14. The van der Waals surface area contributed by atoms with E-state index in [0.717, 1.165) is 5.56 Å². The van der Waals surface area contributed by atoms with E-state index in [2.05, 4.69) is 22.0 Å². The van der Waals surface area contributed by atoms with Gasteiger partial charge in [0, 0.05) is 6.42 Å². The summed E-state index contributed by atoms with van der Waals surface area (Å²) in [5.74, 6) is 0.169. The summed E-state index contributed by atoms with van der Waals surface area (Å²) in [7, 11) is 0. The molecule has 0 aromatic heterocycles. The topological polar surface area (TPSA) is 40.9 Å². The maximum atomic E-state index is 11.4. The van der Waals surface area contributed by atoms with Crippen LogP contribution in [0, 0.1) is 11.3 Å². The summed E-state index contributed by atoms with van der Waals surface area (Å²) in [5, 5.41) is 8.88. The number of halogens is 1. The molecule has 2 nitrogen and oxygen atoms in total. The van der Waals surface area contributed by atoms with Crippen LogP contribution < -0.4 is 0 Å². The van der Waals surface area contributed by atoms with Gasteiger partial charge in [-0.2, -0.15) is 5.26 Å². The lowest BCUT2D eigenvalue weighted by atomic mass is 10.0. The van der Waals surface area contributed by atoms with Gasteiger partial charge in [-0.05, 0) is 18.1 Å². The molecule has 0 saturated heterocycles. The molecule has 1 unspecified atom stereocenters. The van der Waals surface area contributed by atoms with Crippen LogP contribution in [0.5, 0.6) is 0 Å². The predicted octanol–water partition coefficient (Wildman–Crippen LogP) is 2.84. The smallest absolute Gasteiger partial charge is 0.146 e. The molecule has 0 N–H and O–H groups in total. The van der Waals surface area contributed by atoms with Gasteiger partial charge < -0.3 is 0 Å². The Morgan fingerprint density at radius 2 is 2.20 bits per heavy atom.